The van der Waals surface area contributed by atoms with Gasteiger partial charge in [0.2, 0.25) is 0 Å². The lowest BCUT2D eigenvalue weighted by Gasteiger charge is -2.18. The second-order valence-electron chi connectivity index (χ2n) is 7.13. The van der Waals surface area contributed by atoms with Crippen molar-refractivity contribution in [1.82, 2.24) is 5.32 Å². The van der Waals surface area contributed by atoms with Crippen LogP contribution in [0.25, 0.3) is 0 Å². The van der Waals surface area contributed by atoms with Gasteiger partial charge >= 0.3 is 6.36 Å². The molecule has 1 unspecified atom stereocenters. The van der Waals surface area contributed by atoms with Crippen molar-refractivity contribution in [2.45, 2.75) is 12.4 Å². The molecular weight excluding hydrogens is 551 g/mol. The number of hydrogen-bond donors (Lipinski definition) is 2. The number of amides is 2. The summed E-state index contributed by atoms with van der Waals surface area (Å²) in [6.45, 7) is 0. The van der Waals surface area contributed by atoms with Crippen LogP contribution in [0.2, 0.25) is 5.02 Å². The average Bonchev–Trinajstić information content (AvgIpc) is 3.06. The Labute approximate surface area is 202 Å². The molecule has 2 amide bonds. The monoisotopic (exact) mass is 560 g/mol. The Balaban J connectivity index is 1.74. The summed E-state index contributed by atoms with van der Waals surface area (Å²) in [5.41, 5.74) is 0.417. The van der Waals surface area contributed by atoms with Gasteiger partial charge in [-0.15, -0.1) is 13.2 Å². The third kappa shape index (κ3) is 4.85. The second-order valence-corrected chi connectivity index (χ2v) is 8.46. The Bertz CT molecular complexity index is 1330. The van der Waals surface area contributed by atoms with E-state index in [0.717, 1.165) is 18.2 Å². The molecule has 3 aromatic carbocycles. The highest BCUT2D eigenvalue weighted by Crippen LogP contribution is 2.41. The van der Waals surface area contributed by atoms with Gasteiger partial charge < -0.3 is 15.4 Å². The topological polar surface area (TPSA) is 67.4 Å². The SMILES string of the molecule is O=C(Nc1cc(Br)cc2c1C(c1cc(F)ccc1Cl)NC2=O)c1ccc(F)c(OC(F)(F)F)c1. The fourth-order valence-electron chi connectivity index (χ4n) is 3.51. The van der Waals surface area contributed by atoms with Crippen molar-refractivity contribution < 1.29 is 36.3 Å². The molecule has 0 radical (unpaired) electrons. The van der Waals surface area contributed by atoms with Crippen molar-refractivity contribution in [2.75, 3.05) is 5.32 Å². The number of anilines is 1. The third-order valence-electron chi connectivity index (χ3n) is 4.89. The zero-order valence-electron chi connectivity index (χ0n) is 16.6. The highest BCUT2D eigenvalue weighted by Gasteiger charge is 2.35. The van der Waals surface area contributed by atoms with Gasteiger partial charge in [0.15, 0.2) is 11.6 Å². The van der Waals surface area contributed by atoms with Crippen molar-refractivity contribution in [1.29, 1.82) is 0 Å². The molecule has 3 aromatic rings. The molecule has 1 heterocycles. The lowest BCUT2D eigenvalue weighted by atomic mass is 9.96. The first-order chi connectivity index (χ1) is 15.9. The molecule has 34 heavy (non-hydrogen) atoms. The van der Waals surface area contributed by atoms with Crippen LogP contribution >= 0.6 is 27.5 Å². The number of ether oxygens (including phenoxy) is 1. The predicted molar refractivity (Wildman–Crippen MR) is 116 cm³/mol. The van der Waals surface area contributed by atoms with Crippen molar-refractivity contribution in [2.24, 2.45) is 0 Å². The Morgan fingerprint density at radius 3 is 2.53 bits per heavy atom. The van der Waals surface area contributed by atoms with E-state index >= 15 is 0 Å². The van der Waals surface area contributed by atoms with Gasteiger partial charge in [0.25, 0.3) is 11.8 Å². The predicted octanol–water partition coefficient (Wildman–Crippen LogP) is 6.36. The zero-order valence-corrected chi connectivity index (χ0v) is 18.9. The molecule has 2 N–H and O–H groups in total. The molecule has 5 nitrogen and oxygen atoms in total. The van der Waals surface area contributed by atoms with Crippen LogP contribution in [0, 0.1) is 11.6 Å². The van der Waals surface area contributed by atoms with Crippen LogP contribution in [-0.4, -0.2) is 18.2 Å². The highest BCUT2D eigenvalue weighted by atomic mass is 79.9. The number of halogens is 7. The van der Waals surface area contributed by atoms with Crippen LogP contribution in [0.4, 0.5) is 27.6 Å². The van der Waals surface area contributed by atoms with Gasteiger partial charge in [-0.2, -0.15) is 0 Å². The maximum atomic E-state index is 13.9. The number of alkyl halides is 3. The van der Waals surface area contributed by atoms with E-state index in [-0.39, 0.29) is 33.0 Å². The van der Waals surface area contributed by atoms with Crippen molar-refractivity contribution in [3.63, 3.8) is 0 Å². The van der Waals surface area contributed by atoms with E-state index in [1.807, 2.05) is 0 Å². The molecule has 4 rings (SSSR count). The maximum absolute atomic E-state index is 13.9. The molecule has 12 heteroatoms. The van der Waals surface area contributed by atoms with Gasteiger partial charge in [0, 0.05) is 37.4 Å². The van der Waals surface area contributed by atoms with Gasteiger partial charge in [-0.05, 0) is 48.5 Å². The van der Waals surface area contributed by atoms with Crippen LogP contribution in [0.5, 0.6) is 5.75 Å². The van der Waals surface area contributed by atoms with Gasteiger partial charge in [-0.1, -0.05) is 27.5 Å². The summed E-state index contributed by atoms with van der Waals surface area (Å²) in [7, 11) is 0. The first-order valence-corrected chi connectivity index (χ1v) is 10.6. The molecule has 0 saturated heterocycles. The molecular formula is C22H11BrClF5N2O3. The van der Waals surface area contributed by atoms with E-state index < -0.39 is 41.6 Å². The van der Waals surface area contributed by atoms with Gasteiger partial charge in [0.05, 0.1) is 6.04 Å². The van der Waals surface area contributed by atoms with E-state index in [1.54, 1.807) is 0 Å². The van der Waals surface area contributed by atoms with E-state index in [1.165, 1.54) is 18.2 Å². The van der Waals surface area contributed by atoms with Crippen LogP contribution in [0.15, 0.2) is 53.0 Å². The molecule has 0 spiro atoms. The van der Waals surface area contributed by atoms with Crippen LogP contribution in [0.3, 0.4) is 0 Å². The van der Waals surface area contributed by atoms with E-state index in [4.69, 9.17) is 11.6 Å². The number of carbonyl (C=O) groups is 2. The quantitative estimate of drug-likeness (QED) is 0.364. The van der Waals surface area contributed by atoms with Crippen LogP contribution in [0.1, 0.15) is 37.9 Å². The number of fused-ring (bicyclic) bond motifs is 1. The molecule has 176 valence electrons. The number of hydrogen-bond acceptors (Lipinski definition) is 3. The average molecular weight is 562 g/mol. The molecule has 0 bridgehead atoms. The molecule has 1 atom stereocenters. The summed E-state index contributed by atoms with van der Waals surface area (Å²) in [6.07, 6.45) is -5.16. The third-order valence-corrected chi connectivity index (χ3v) is 5.69. The van der Waals surface area contributed by atoms with Crippen molar-refractivity contribution >= 4 is 45.0 Å². The number of carbonyl (C=O) groups excluding carboxylic acids is 2. The van der Waals surface area contributed by atoms with E-state index in [0.29, 0.717) is 16.6 Å². The summed E-state index contributed by atoms with van der Waals surface area (Å²) < 4.78 is 69.2. The molecule has 1 aliphatic rings. The van der Waals surface area contributed by atoms with Crippen LogP contribution in [-0.2, 0) is 0 Å². The fraction of sp³-hybridized carbons (Fsp3) is 0.0909. The minimum absolute atomic E-state index is 0.0978. The Kier molecular flexibility index (Phi) is 6.26. The molecule has 0 saturated carbocycles. The minimum Gasteiger partial charge on any atom is -0.403 e. The number of nitrogens with one attached hydrogen (secondary N) is 2. The lowest BCUT2D eigenvalue weighted by molar-refractivity contribution is -0.275. The van der Waals surface area contributed by atoms with E-state index in [2.05, 4.69) is 31.3 Å². The zero-order chi connectivity index (χ0) is 24.8. The minimum atomic E-state index is -5.16. The van der Waals surface area contributed by atoms with Crippen molar-refractivity contribution in [3.05, 3.63) is 91.9 Å². The van der Waals surface area contributed by atoms with E-state index in [9.17, 15) is 31.5 Å². The Hall–Kier alpha value is -3.18. The maximum Gasteiger partial charge on any atom is 0.573 e. The summed E-state index contributed by atoms with van der Waals surface area (Å²) in [6, 6.07) is 7.83. The molecule has 0 aromatic heterocycles. The lowest BCUT2D eigenvalue weighted by Crippen LogP contribution is -2.21. The molecule has 0 fully saturated rings. The summed E-state index contributed by atoms with van der Waals surface area (Å²) in [5.74, 6) is -4.52. The summed E-state index contributed by atoms with van der Waals surface area (Å²) >= 11 is 9.44. The smallest absolute Gasteiger partial charge is 0.403 e. The van der Waals surface area contributed by atoms with Gasteiger partial charge in [-0.25, -0.2) is 8.78 Å². The van der Waals surface area contributed by atoms with Gasteiger partial charge in [-0.3, -0.25) is 9.59 Å². The highest BCUT2D eigenvalue weighted by molar-refractivity contribution is 9.10. The largest absolute Gasteiger partial charge is 0.573 e. The second kappa shape index (κ2) is 8.88. The first-order valence-electron chi connectivity index (χ1n) is 9.39. The fourth-order valence-corrected chi connectivity index (χ4v) is 4.20. The van der Waals surface area contributed by atoms with Crippen LogP contribution < -0.4 is 15.4 Å². The molecule has 0 aliphatic carbocycles. The van der Waals surface area contributed by atoms with Gasteiger partial charge in [0.1, 0.15) is 5.82 Å². The Morgan fingerprint density at radius 2 is 1.82 bits per heavy atom. The number of benzene rings is 3. The van der Waals surface area contributed by atoms with Crippen molar-refractivity contribution in [3.8, 4) is 5.75 Å². The summed E-state index contributed by atoms with van der Waals surface area (Å²) in [4.78, 5) is 25.4. The first kappa shape index (κ1) is 24.0. The Morgan fingerprint density at radius 1 is 1.09 bits per heavy atom. The standard InChI is InChI=1S/C22H11BrClF5N2O3/c23-10-6-13-18(19(31-21(13)33)12-8-11(25)2-3-14(12)24)16(7-10)30-20(32)9-1-4-15(26)17(5-9)34-22(27,28)29/h1-8,19H,(H,30,32)(H,31,33). The normalized spacial score (nSPS) is 15.0. The number of rotatable bonds is 4. The molecule has 1 aliphatic heterocycles. The summed E-state index contributed by atoms with van der Waals surface area (Å²) in [5, 5.41) is 5.34.